The summed E-state index contributed by atoms with van der Waals surface area (Å²) in [4.78, 5) is 26.5. The molecule has 3 amide bonds. The van der Waals surface area contributed by atoms with Crippen molar-refractivity contribution in [3.8, 4) is 11.4 Å². The summed E-state index contributed by atoms with van der Waals surface area (Å²) in [6.07, 6.45) is 0.507. The van der Waals surface area contributed by atoms with Gasteiger partial charge in [0.15, 0.2) is 0 Å². The minimum Gasteiger partial charge on any atom is -0.324 e. The van der Waals surface area contributed by atoms with Gasteiger partial charge in [0.1, 0.15) is 11.4 Å². The normalized spacial score (nSPS) is 16.4. The molecule has 1 saturated heterocycles. The topological polar surface area (TPSA) is 93.0 Å². The van der Waals surface area contributed by atoms with Crippen molar-refractivity contribution >= 4 is 11.9 Å². The van der Waals surface area contributed by atoms with Gasteiger partial charge in [-0.3, -0.25) is 9.69 Å². The fraction of sp³-hybridized carbons (Fsp3) is 0.438. The Bertz CT molecular complexity index is 832. The molecule has 132 valence electrons. The molecule has 0 spiro atoms. The van der Waals surface area contributed by atoms with E-state index < -0.39 is 5.54 Å². The smallest absolute Gasteiger partial charge is 0.324 e. The van der Waals surface area contributed by atoms with Crippen LogP contribution in [0.3, 0.4) is 0 Å². The number of urea groups is 1. The lowest BCUT2D eigenvalue weighted by Crippen LogP contribution is -2.40. The fourth-order valence-electron chi connectivity index (χ4n) is 2.63. The summed E-state index contributed by atoms with van der Waals surface area (Å²) in [6, 6.07) is 4.24. The van der Waals surface area contributed by atoms with E-state index in [1.54, 1.807) is 32.9 Å². The van der Waals surface area contributed by atoms with Crippen LogP contribution in [0.5, 0.6) is 0 Å². The lowest BCUT2D eigenvalue weighted by atomic mass is 10.1. The number of nitrogens with one attached hydrogen (secondary N) is 1. The molecule has 3 rings (SSSR count). The zero-order valence-electron chi connectivity index (χ0n) is 14.3. The third-order valence-corrected chi connectivity index (χ3v) is 4.05. The number of aryl methyl sites for hydroxylation is 2. The number of amides is 3. The Kier molecular flexibility index (Phi) is 4.23. The maximum absolute atomic E-state index is 13.3. The van der Waals surface area contributed by atoms with Gasteiger partial charge in [-0.2, -0.15) is 4.80 Å². The maximum atomic E-state index is 13.3. The summed E-state index contributed by atoms with van der Waals surface area (Å²) in [5, 5.41) is 14.8. The molecule has 25 heavy (non-hydrogen) atoms. The van der Waals surface area contributed by atoms with Crippen LogP contribution in [-0.4, -0.2) is 49.1 Å². The molecular formula is C16H19FN6O2. The van der Waals surface area contributed by atoms with Gasteiger partial charge in [0.25, 0.3) is 5.91 Å². The Morgan fingerprint density at radius 2 is 2.00 bits per heavy atom. The van der Waals surface area contributed by atoms with Crippen molar-refractivity contribution in [2.75, 3.05) is 6.54 Å². The average Bonchev–Trinajstić information content (AvgIpc) is 3.08. The molecule has 0 unspecified atom stereocenters. The first-order valence-electron chi connectivity index (χ1n) is 7.96. The number of aromatic nitrogens is 4. The minimum atomic E-state index is -0.865. The highest BCUT2D eigenvalue weighted by molar-refractivity contribution is 6.06. The molecule has 8 nitrogen and oxygen atoms in total. The van der Waals surface area contributed by atoms with Gasteiger partial charge in [0, 0.05) is 12.1 Å². The van der Waals surface area contributed by atoms with E-state index in [4.69, 9.17) is 0 Å². The number of halogens is 1. The fourth-order valence-corrected chi connectivity index (χ4v) is 2.63. The molecule has 0 aliphatic carbocycles. The van der Waals surface area contributed by atoms with E-state index in [0.717, 1.165) is 0 Å². The lowest BCUT2D eigenvalue weighted by molar-refractivity contribution is -0.130. The average molecular weight is 346 g/mol. The van der Waals surface area contributed by atoms with Crippen LogP contribution in [0.4, 0.5) is 9.18 Å². The molecule has 0 radical (unpaired) electrons. The van der Waals surface area contributed by atoms with E-state index >= 15 is 0 Å². The van der Waals surface area contributed by atoms with Crippen LogP contribution >= 0.6 is 0 Å². The van der Waals surface area contributed by atoms with E-state index in [9.17, 15) is 14.0 Å². The Morgan fingerprint density at radius 3 is 2.64 bits per heavy atom. The minimum absolute atomic E-state index is 0.244. The highest BCUT2D eigenvalue weighted by atomic mass is 19.1. The SMILES string of the molecule is Cc1cc(-c2nnn(CCCN3C(=O)NC(C)(C)C3=O)n2)ccc1F. The first-order valence-corrected chi connectivity index (χ1v) is 7.96. The van der Waals surface area contributed by atoms with Gasteiger partial charge >= 0.3 is 6.03 Å². The molecule has 1 aromatic carbocycles. The van der Waals surface area contributed by atoms with Crippen LogP contribution in [0.1, 0.15) is 25.8 Å². The molecule has 0 atom stereocenters. The van der Waals surface area contributed by atoms with Crippen molar-refractivity contribution in [2.45, 2.75) is 39.3 Å². The number of hydrogen-bond donors (Lipinski definition) is 1. The molecular weight excluding hydrogens is 327 g/mol. The van der Waals surface area contributed by atoms with Gasteiger partial charge in [-0.1, -0.05) is 0 Å². The number of benzene rings is 1. The van der Waals surface area contributed by atoms with Gasteiger partial charge in [-0.25, -0.2) is 9.18 Å². The monoisotopic (exact) mass is 346 g/mol. The molecule has 1 aliphatic heterocycles. The Balaban J connectivity index is 1.60. The Labute approximate surface area is 144 Å². The highest BCUT2D eigenvalue weighted by Gasteiger charge is 2.43. The van der Waals surface area contributed by atoms with Crippen LogP contribution in [0.15, 0.2) is 18.2 Å². The van der Waals surface area contributed by atoms with Crippen LogP contribution in [-0.2, 0) is 11.3 Å². The summed E-state index contributed by atoms with van der Waals surface area (Å²) in [6.45, 7) is 5.69. The zero-order valence-corrected chi connectivity index (χ0v) is 14.3. The first kappa shape index (κ1) is 17.0. The van der Waals surface area contributed by atoms with Gasteiger partial charge in [-0.15, -0.1) is 10.2 Å². The molecule has 1 fully saturated rings. The first-order chi connectivity index (χ1) is 11.8. The predicted molar refractivity (Wildman–Crippen MR) is 86.9 cm³/mol. The van der Waals surface area contributed by atoms with Crippen LogP contribution < -0.4 is 5.32 Å². The maximum Gasteiger partial charge on any atom is 0.325 e. The van der Waals surface area contributed by atoms with Gasteiger partial charge in [-0.05, 0) is 56.2 Å². The molecule has 1 aliphatic rings. The summed E-state index contributed by atoms with van der Waals surface area (Å²) in [5.74, 6) is -0.127. The third-order valence-electron chi connectivity index (χ3n) is 4.05. The van der Waals surface area contributed by atoms with E-state index in [2.05, 4.69) is 20.7 Å². The number of carbonyl (C=O) groups is 2. The largest absolute Gasteiger partial charge is 0.325 e. The third kappa shape index (κ3) is 3.35. The van der Waals surface area contributed by atoms with Crippen molar-refractivity contribution in [3.05, 3.63) is 29.6 Å². The standard InChI is InChI=1S/C16H19FN6O2/c1-10-9-11(5-6-12(10)17)13-19-21-23(20-13)8-4-7-22-14(24)16(2,3)18-15(22)25/h5-6,9H,4,7-8H2,1-3H3,(H,18,25). The number of tetrazole rings is 1. The molecule has 1 N–H and O–H groups in total. The Hall–Kier alpha value is -2.84. The number of nitrogens with zero attached hydrogens (tertiary/aromatic N) is 5. The van der Waals surface area contributed by atoms with Crippen molar-refractivity contribution < 1.29 is 14.0 Å². The second-order valence-corrected chi connectivity index (χ2v) is 6.54. The second-order valence-electron chi connectivity index (χ2n) is 6.54. The molecule has 0 saturated carbocycles. The van der Waals surface area contributed by atoms with E-state index in [-0.39, 0.29) is 24.3 Å². The number of carbonyl (C=O) groups excluding carboxylic acids is 2. The van der Waals surface area contributed by atoms with E-state index in [1.165, 1.54) is 15.8 Å². The van der Waals surface area contributed by atoms with Crippen LogP contribution in [0.25, 0.3) is 11.4 Å². The summed E-state index contributed by atoms with van der Waals surface area (Å²) in [5.41, 5.74) is 0.326. The van der Waals surface area contributed by atoms with Crippen molar-refractivity contribution in [1.82, 2.24) is 30.4 Å². The zero-order chi connectivity index (χ0) is 18.2. The van der Waals surface area contributed by atoms with E-state index in [1.807, 2.05) is 0 Å². The summed E-state index contributed by atoms with van der Waals surface area (Å²) in [7, 11) is 0. The quantitative estimate of drug-likeness (QED) is 0.829. The van der Waals surface area contributed by atoms with Crippen molar-refractivity contribution in [1.29, 1.82) is 0 Å². The summed E-state index contributed by atoms with van der Waals surface area (Å²) >= 11 is 0. The van der Waals surface area contributed by atoms with Gasteiger partial charge in [0.05, 0.1) is 6.54 Å². The van der Waals surface area contributed by atoms with Gasteiger partial charge in [0.2, 0.25) is 5.82 Å². The lowest BCUT2D eigenvalue weighted by Gasteiger charge is -2.15. The van der Waals surface area contributed by atoms with Crippen LogP contribution in [0.2, 0.25) is 0 Å². The van der Waals surface area contributed by atoms with Crippen molar-refractivity contribution in [2.24, 2.45) is 0 Å². The van der Waals surface area contributed by atoms with Crippen LogP contribution in [0, 0.1) is 12.7 Å². The van der Waals surface area contributed by atoms with Gasteiger partial charge < -0.3 is 5.32 Å². The predicted octanol–water partition coefficient (Wildman–Crippen LogP) is 1.51. The molecule has 0 bridgehead atoms. The number of imide groups is 1. The van der Waals surface area contributed by atoms with Crippen molar-refractivity contribution in [3.63, 3.8) is 0 Å². The molecule has 2 aromatic rings. The number of hydrogen-bond acceptors (Lipinski definition) is 5. The number of rotatable bonds is 5. The second kappa shape index (κ2) is 6.23. The molecule has 1 aromatic heterocycles. The highest BCUT2D eigenvalue weighted by Crippen LogP contribution is 2.18. The molecule has 9 heteroatoms. The van der Waals surface area contributed by atoms with E-state index in [0.29, 0.717) is 29.9 Å². The Morgan fingerprint density at radius 1 is 1.24 bits per heavy atom. The summed E-state index contributed by atoms with van der Waals surface area (Å²) < 4.78 is 13.3. The molecule has 2 heterocycles.